The maximum absolute atomic E-state index is 13.4. The molecule has 0 radical (unpaired) electrons. The Bertz CT molecular complexity index is 738. The molecule has 0 amide bonds. The minimum absolute atomic E-state index is 0.0706. The third kappa shape index (κ3) is 3.12. The number of benzene rings is 2. The minimum Gasteiger partial charge on any atom is -0.486 e. The van der Waals surface area contributed by atoms with E-state index in [2.05, 4.69) is 10.5 Å². The van der Waals surface area contributed by atoms with Gasteiger partial charge < -0.3 is 9.47 Å². The predicted molar refractivity (Wildman–Crippen MR) is 80.0 cm³/mol. The summed E-state index contributed by atoms with van der Waals surface area (Å²) in [7, 11) is 0. The lowest BCUT2D eigenvalue weighted by molar-refractivity contribution is 0.171. The van der Waals surface area contributed by atoms with Gasteiger partial charge in [0.2, 0.25) is 0 Å². The van der Waals surface area contributed by atoms with E-state index in [1.807, 2.05) is 0 Å². The van der Waals surface area contributed by atoms with Crippen LogP contribution in [0, 0.1) is 11.6 Å². The Kier molecular flexibility index (Phi) is 4.11. The molecule has 0 saturated heterocycles. The van der Waals surface area contributed by atoms with E-state index >= 15 is 0 Å². The molecule has 4 nitrogen and oxygen atoms in total. The van der Waals surface area contributed by atoms with Crippen LogP contribution in [0.4, 0.5) is 14.5 Å². The molecule has 0 aromatic heterocycles. The van der Waals surface area contributed by atoms with E-state index in [0.29, 0.717) is 35.3 Å². The molecule has 1 heterocycles. The molecular formula is C15H11ClF2N2O2. The van der Waals surface area contributed by atoms with Crippen molar-refractivity contribution in [2.45, 2.75) is 0 Å². The summed E-state index contributed by atoms with van der Waals surface area (Å²) >= 11 is 6.10. The summed E-state index contributed by atoms with van der Waals surface area (Å²) in [6, 6.07) is 6.55. The van der Waals surface area contributed by atoms with Gasteiger partial charge in [0.1, 0.15) is 19.0 Å². The molecule has 2 aromatic carbocycles. The highest BCUT2D eigenvalue weighted by Crippen LogP contribution is 2.37. The fourth-order valence-electron chi connectivity index (χ4n) is 1.96. The molecule has 1 aliphatic heterocycles. The summed E-state index contributed by atoms with van der Waals surface area (Å²) in [6.07, 6.45) is 1.45. The van der Waals surface area contributed by atoms with Gasteiger partial charge in [0.25, 0.3) is 0 Å². The standard InChI is InChI=1S/C15H11ClF2N2O2/c16-11-5-9(6-14-15(11)22-4-3-21-14)8-19-20-13-2-1-10(17)7-12(13)18/h1-2,5-8,20H,3-4H2/b19-8-. The fraction of sp³-hybridized carbons (Fsp3) is 0.133. The SMILES string of the molecule is Fc1ccc(N/N=C\c2cc(Cl)c3c(c2)OCCO3)c(F)c1. The van der Waals surface area contributed by atoms with Crippen molar-refractivity contribution >= 4 is 23.5 Å². The van der Waals surface area contributed by atoms with Crippen molar-refractivity contribution in [2.24, 2.45) is 5.10 Å². The molecule has 0 saturated carbocycles. The van der Waals surface area contributed by atoms with Crippen molar-refractivity contribution in [1.29, 1.82) is 0 Å². The summed E-state index contributed by atoms with van der Waals surface area (Å²) in [5, 5.41) is 4.31. The molecule has 2 aromatic rings. The lowest BCUT2D eigenvalue weighted by atomic mass is 10.2. The second-order valence-electron chi connectivity index (χ2n) is 4.52. The molecule has 0 fully saturated rings. The number of hydrogen-bond donors (Lipinski definition) is 1. The summed E-state index contributed by atoms with van der Waals surface area (Å²) < 4.78 is 37.1. The first-order valence-electron chi connectivity index (χ1n) is 6.47. The summed E-state index contributed by atoms with van der Waals surface area (Å²) in [4.78, 5) is 0. The molecular weight excluding hydrogens is 314 g/mol. The minimum atomic E-state index is -0.725. The average molecular weight is 325 g/mol. The van der Waals surface area contributed by atoms with Crippen molar-refractivity contribution in [3.8, 4) is 11.5 Å². The maximum Gasteiger partial charge on any atom is 0.179 e. The van der Waals surface area contributed by atoms with Crippen molar-refractivity contribution in [3.63, 3.8) is 0 Å². The fourth-order valence-corrected chi connectivity index (χ4v) is 2.24. The van der Waals surface area contributed by atoms with Gasteiger partial charge in [-0.15, -0.1) is 0 Å². The summed E-state index contributed by atoms with van der Waals surface area (Å²) in [6.45, 7) is 0.897. The number of fused-ring (bicyclic) bond motifs is 1. The van der Waals surface area contributed by atoms with Gasteiger partial charge in [-0.2, -0.15) is 5.10 Å². The topological polar surface area (TPSA) is 42.9 Å². The van der Waals surface area contributed by atoms with Gasteiger partial charge in [-0.05, 0) is 29.8 Å². The Hall–Kier alpha value is -2.34. The lowest BCUT2D eigenvalue weighted by Crippen LogP contribution is -2.15. The number of halogens is 3. The van der Waals surface area contributed by atoms with Crippen molar-refractivity contribution in [2.75, 3.05) is 18.6 Å². The molecule has 114 valence electrons. The quantitative estimate of drug-likeness (QED) is 0.689. The zero-order valence-electron chi connectivity index (χ0n) is 11.3. The van der Waals surface area contributed by atoms with Gasteiger partial charge in [0, 0.05) is 6.07 Å². The third-order valence-electron chi connectivity index (χ3n) is 2.95. The number of anilines is 1. The van der Waals surface area contributed by atoms with E-state index in [0.717, 1.165) is 12.1 Å². The van der Waals surface area contributed by atoms with Gasteiger partial charge >= 0.3 is 0 Å². The smallest absolute Gasteiger partial charge is 0.179 e. The first kappa shape index (κ1) is 14.6. The van der Waals surface area contributed by atoms with E-state index in [1.165, 1.54) is 12.3 Å². The maximum atomic E-state index is 13.4. The highest BCUT2D eigenvalue weighted by atomic mass is 35.5. The number of nitrogens with zero attached hydrogens (tertiary/aromatic N) is 1. The molecule has 22 heavy (non-hydrogen) atoms. The van der Waals surface area contributed by atoms with Crippen molar-refractivity contribution < 1.29 is 18.3 Å². The number of rotatable bonds is 3. The molecule has 0 spiro atoms. The van der Waals surface area contributed by atoms with Crippen LogP contribution in [-0.2, 0) is 0 Å². The van der Waals surface area contributed by atoms with Crippen LogP contribution in [0.2, 0.25) is 5.02 Å². The normalized spacial score (nSPS) is 13.4. The molecule has 0 atom stereocenters. The number of hydrogen-bond acceptors (Lipinski definition) is 4. The molecule has 1 N–H and O–H groups in total. The van der Waals surface area contributed by atoms with E-state index in [-0.39, 0.29) is 5.69 Å². The van der Waals surface area contributed by atoms with Gasteiger partial charge in [-0.25, -0.2) is 8.78 Å². The van der Waals surface area contributed by atoms with E-state index in [9.17, 15) is 8.78 Å². The second-order valence-corrected chi connectivity index (χ2v) is 4.93. The predicted octanol–water partition coefficient (Wildman–Crippen LogP) is 3.84. The Morgan fingerprint density at radius 2 is 1.95 bits per heavy atom. The molecule has 0 bridgehead atoms. The molecule has 1 aliphatic rings. The van der Waals surface area contributed by atoms with Crippen LogP contribution in [0.15, 0.2) is 35.4 Å². The summed E-state index contributed by atoms with van der Waals surface area (Å²) in [5.41, 5.74) is 3.23. The van der Waals surface area contributed by atoms with Gasteiger partial charge in [-0.3, -0.25) is 5.43 Å². The highest BCUT2D eigenvalue weighted by molar-refractivity contribution is 6.32. The Balaban J connectivity index is 1.76. The van der Waals surface area contributed by atoms with Crippen LogP contribution < -0.4 is 14.9 Å². The Morgan fingerprint density at radius 3 is 2.77 bits per heavy atom. The first-order valence-corrected chi connectivity index (χ1v) is 6.84. The monoisotopic (exact) mass is 324 g/mol. The van der Waals surface area contributed by atoms with Gasteiger partial charge in [0.15, 0.2) is 17.3 Å². The number of ether oxygens (including phenoxy) is 2. The molecule has 7 heteroatoms. The van der Waals surface area contributed by atoms with Crippen LogP contribution in [0.3, 0.4) is 0 Å². The molecule has 0 unspecified atom stereocenters. The zero-order valence-corrected chi connectivity index (χ0v) is 12.0. The summed E-state index contributed by atoms with van der Waals surface area (Å²) in [5.74, 6) is -0.334. The number of hydrazone groups is 1. The van der Waals surface area contributed by atoms with Crippen LogP contribution in [0.1, 0.15) is 5.56 Å². The molecule has 3 rings (SSSR count). The van der Waals surface area contributed by atoms with Crippen LogP contribution in [-0.4, -0.2) is 19.4 Å². The number of nitrogens with one attached hydrogen (secondary N) is 1. The van der Waals surface area contributed by atoms with Crippen LogP contribution in [0.5, 0.6) is 11.5 Å². The first-order chi connectivity index (χ1) is 10.6. The van der Waals surface area contributed by atoms with Crippen molar-refractivity contribution in [3.05, 3.63) is 52.6 Å². The second kappa shape index (κ2) is 6.19. The average Bonchev–Trinajstić information content (AvgIpc) is 2.50. The Morgan fingerprint density at radius 1 is 1.14 bits per heavy atom. The third-order valence-corrected chi connectivity index (χ3v) is 3.23. The lowest BCUT2D eigenvalue weighted by Gasteiger charge is -2.19. The molecule has 0 aliphatic carbocycles. The highest BCUT2D eigenvalue weighted by Gasteiger charge is 2.16. The van der Waals surface area contributed by atoms with E-state index in [1.54, 1.807) is 12.1 Å². The largest absolute Gasteiger partial charge is 0.486 e. The van der Waals surface area contributed by atoms with Gasteiger partial charge in [0.05, 0.1) is 16.9 Å². The van der Waals surface area contributed by atoms with Crippen molar-refractivity contribution in [1.82, 2.24) is 0 Å². The van der Waals surface area contributed by atoms with Crippen LogP contribution in [0.25, 0.3) is 0 Å². The Labute approximate surface area is 130 Å². The van der Waals surface area contributed by atoms with E-state index in [4.69, 9.17) is 21.1 Å². The van der Waals surface area contributed by atoms with Crippen LogP contribution >= 0.6 is 11.6 Å². The van der Waals surface area contributed by atoms with Gasteiger partial charge in [-0.1, -0.05) is 11.6 Å². The van der Waals surface area contributed by atoms with E-state index < -0.39 is 11.6 Å². The zero-order chi connectivity index (χ0) is 15.5.